The van der Waals surface area contributed by atoms with Gasteiger partial charge < -0.3 is 9.41 Å². The minimum atomic E-state index is 0.576. The predicted octanol–water partition coefficient (Wildman–Crippen LogP) is 0.417. The smallest absolute Gasteiger partial charge is 0.534 e. The van der Waals surface area contributed by atoms with Gasteiger partial charge in [0.05, 0.1) is 12.4 Å². The SMILES string of the molecule is [B](Oc1cncnc1)ON1CCCC1. The third-order valence-corrected chi connectivity index (χ3v) is 1.98. The molecule has 0 bridgehead atoms. The lowest BCUT2D eigenvalue weighted by atomic mass is 10.4. The lowest BCUT2D eigenvalue weighted by Gasteiger charge is -2.13. The average Bonchev–Trinajstić information content (AvgIpc) is 2.72. The Morgan fingerprint density at radius 1 is 1.21 bits per heavy atom. The second-order valence-corrected chi connectivity index (χ2v) is 3.03. The van der Waals surface area contributed by atoms with Gasteiger partial charge in [0.15, 0.2) is 0 Å². The van der Waals surface area contributed by atoms with Crippen LogP contribution in [0.4, 0.5) is 0 Å². The topological polar surface area (TPSA) is 47.5 Å². The van der Waals surface area contributed by atoms with Gasteiger partial charge in [0.1, 0.15) is 12.1 Å². The number of hydrogen-bond acceptors (Lipinski definition) is 5. The molecule has 0 spiro atoms. The Morgan fingerprint density at radius 3 is 2.64 bits per heavy atom. The highest BCUT2D eigenvalue weighted by atomic mass is 16.7. The van der Waals surface area contributed by atoms with E-state index in [4.69, 9.17) is 9.41 Å². The Labute approximate surface area is 83.3 Å². The molecule has 1 radical (unpaired) electrons. The summed E-state index contributed by atoms with van der Waals surface area (Å²) in [7, 11) is 1.31. The van der Waals surface area contributed by atoms with E-state index < -0.39 is 0 Å². The van der Waals surface area contributed by atoms with Gasteiger partial charge >= 0.3 is 7.69 Å². The van der Waals surface area contributed by atoms with Crippen molar-refractivity contribution in [1.29, 1.82) is 0 Å². The maximum atomic E-state index is 5.24. The van der Waals surface area contributed by atoms with Gasteiger partial charge in [-0.05, 0) is 12.8 Å². The summed E-state index contributed by atoms with van der Waals surface area (Å²) in [6, 6.07) is 0. The van der Waals surface area contributed by atoms with Crippen molar-refractivity contribution < 1.29 is 9.41 Å². The van der Waals surface area contributed by atoms with E-state index in [-0.39, 0.29) is 0 Å². The van der Waals surface area contributed by atoms with Crippen molar-refractivity contribution in [3.05, 3.63) is 18.7 Å². The van der Waals surface area contributed by atoms with Crippen LogP contribution in [0.5, 0.6) is 5.75 Å². The number of hydroxylamine groups is 2. The van der Waals surface area contributed by atoms with Crippen LogP contribution >= 0.6 is 0 Å². The van der Waals surface area contributed by atoms with Gasteiger partial charge in [0.25, 0.3) is 0 Å². The molecule has 6 heteroatoms. The van der Waals surface area contributed by atoms with E-state index in [2.05, 4.69) is 9.97 Å². The Bertz CT molecular complexity index is 267. The van der Waals surface area contributed by atoms with Gasteiger partial charge in [-0.15, -0.1) is 0 Å². The van der Waals surface area contributed by atoms with Gasteiger partial charge in [-0.3, -0.25) is 0 Å². The van der Waals surface area contributed by atoms with Crippen molar-refractivity contribution >= 4 is 7.69 Å². The molecule has 73 valence electrons. The Balaban J connectivity index is 1.67. The van der Waals surface area contributed by atoms with Crippen LogP contribution in [0.25, 0.3) is 0 Å². The van der Waals surface area contributed by atoms with Gasteiger partial charge in [0, 0.05) is 13.1 Å². The first-order chi connectivity index (χ1) is 6.95. The fourth-order valence-electron chi connectivity index (χ4n) is 1.28. The van der Waals surface area contributed by atoms with E-state index in [9.17, 15) is 0 Å². The number of aromatic nitrogens is 2. The van der Waals surface area contributed by atoms with Crippen molar-refractivity contribution in [2.45, 2.75) is 12.8 Å². The van der Waals surface area contributed by atoms with Crippen molar-refractivity contribution in [3.8, 4) is 5.75 Å². The summed E-state index contributed by atoms with van der Waals surface area (Å²) in [6.45, 7) is 1.93. The quantitative estimate of drug-likeness (QED) is 0.646. The van der Waals surface area contributed by atoms with E-state index in [1.807, 2.05) is 5.06 Å². The van der Waals surface area contributed by atoms with E-state index in [0.29, 0.717) is 5.75 Å². The minimum Gasteiger partial charge on any atom is -0.534 e. The van der Waals surface area contributed by atoms with E-state index in [1.54, 1.807) is 12.4 Å². The van der Waals surface area contributed by atoms with Crippen LogP contribution in [-0.2, 0) is 4.76 Å². The van der Waals surface area contributed by atoms with Gasteiger partial charge in [-0.25, -0.2) is 15.0 Å². The monoisotopic (exact) mass is 192 g/mol. The van der Waals surface area contributed by atoms with Crippen LogP contribution in [0.15, 0.2) is 18.7 Å². The molecule has 1 aromatic heterocycles. The fraction of sp³-hybridized carbons (Fsp3) is 0.500. The molecule has 1 aliphatic heterocycles. The van der Waals surface area contributed by atoms with Crippen LogP contribution in [0.1, 0.15) is 12.8 Å². The summed E-state index contributed by atoms with van der Waals surface area (Å²) in [5, 5.41) is 1.86. The van der Waals surface area contributed by atoms with Crippen LogP contribution in [0.2, 0.25) is 0 Å². The van der Waals surface area contributed by atoms with E-state index in [1.165, 1.54) is 26.9 Å². The number of hydrogen-bond donors (Lipinski definition) is 0. The maximum absolute atomic E-state index is 5.24. The zero-order chi connectivity index (χ0) is 9.64. The molecule has 0 unspecified atom stereocenters. The fourth-order valence-corrected chi connectivity index (χ4v) is 1.28. The van der Waals surface area contributed by atoms with Crippen LogP contribution in [0.3, 0.4) is 0 Å². The molecule has 1 aliphatic rings. The molecule has 0 aromatic carbocycles. The predicted molar refractivity (Wildman–Crippen MR) is 50.3 cm³/mol. The molecular weight excluding hydrogens is 181 g/mol. The molecule has 0 saturated carbocycles. The summed E-state index contributed by atoms with van der Waals surface area (Å²) in [5.41, 5.74) is 0. The Kier molecular flexibility index (Phi) is 3.31. The normalized spacial score (nSPS) is 16.9. The average molecular weight is 192 g/mol. The molecule has 0 aliphatic carbocycles. The molecule has 0 atom stereocenters. The molecule has 5 nitrogen and oxygen atoms in total. The summed E-state index contributed by atoms with van der Waals surface area (Å²) in [4.78, 5) is 7.62. The molecular formula is C8H11BN3O2. The zero-order valence-corrected chi connectivity index (χ0v) is 7.80. The Hall–Kier alpha value is -1.14. The minimum absolute atomic E-state index is 0.576. The third-order valence-electron chi connectivity index (χ3n) is 1.98. The molecule has 2 rings (SSSR count). The zero-order valence-electron chi connectivity index (χ0n) is 7.80. The van der Waals surface area contributed by atoms with E-state index in [0.717, 1.165) is 13.1 Å². The molecule has 1 fully saturated rings. The van der Waals surface area contributed by atoms with Crippen molar-refractivity contribution in [2.75, 3.05) is 13.1 Å². The van der Waals surface area contributed by atoms with Gasteiger partial charge in [0.2, 0.25) is 0 Å². The summed E-state index contributed by atoms with van der Waals surface area (Å²) < 4.78 is 10.4. The summed E-state index contributed by atoms with van der Waals surface area (Å²) in [5.74, 6) is 0.576. The molecule has 1 aromatic rings. The highest BCUT2D eigenvalue weighted by Crippen LogP contribution is 2.08. The van der Waals surface area contributed by atoms with Gasteiger partial charge in [-0.1, -0.05) is 0 Å². The first-order valence-electron chi connectivity index (χ1n) is 4.60. The molecule has 2 heterocycles. The van der Waals surface area contributed by atoms with E-state index >= 15 is 0 Å². The first-order valence-corrected chi connectivity index (χ1v) is 4.60. The van der Waals surface area contributed by atoms with Crippen LogP contribution < -0.4 is 4.65 Å². The summed E-state index contributed by atoms with van der Waals surface area (Å²) >= 11 is 0. The first kappa shape index (κ1) is 9.42. The molecule has 0 N–H and O–H groups in total. The number of nitrogens with zero attached hydrogens (tertiary/aromatic N) is 3. The van der Waals surface area contributed by atoms with Crippen molar-refractivity contribution in [3.63, 3.8) is 0 Å². The highest BCUT2D eigenvalue weighted by Gasteiger charge is 2.13. The second-order valence-electron chi connectivity index (χ2n) is 3.03. The molecule has 1 saturated heterocycles. The van der Waals surface area contributed by atoms with Crippen molar-refractivity contribution in [2.24, 2.45) is 0 Å². The van der Waals surface area contributed by atoms with Crippen LogP contribution in [0, 0.1) is 0 Å². The van der Waals surface area contributed by atoms with Crippen molar-refractivity contribution in [1.82, 2.24) is 15.0 Å². The standard InChI is InChI=1S/C8H11BN3O2/c1-2-4-12(3-1)14-9-13-8-5-10-7-11-6-8/h5-7H,1-4H2. The Morgan fingerprint density at radius 2 is 1.93 bits per heavy atom. The largest absolute Gasteiger partial charge is 0.591 e. The molecule has 0 amide bonds. The lowest BCUT2D eigenvalue weighted by molar-refractivity contribution is -0.0439. The maximum Gasteiger partial charge on any atom is 0.591 e. The summed E-state index contributed by atoms with van der Waals surface area (Å²) in [6.07, 6.45) is 6.98. The van der Waals surface area contributed by atoms with Gasteiger partial charge in [-0.2, -0.15) is 0 Å². The highest BCUT2D eigenvalue weighted by molar-refractivity contribution is 6.19. The van der Waals surface area contributed by atoms with Crippen LogP contribution in [-0.4, -0.2) is 35.8 Å². The lowest BCUT2D eigenvalue weighted by Crippen LogP contribution is -2.24. The second kappa shape index (κ2) is 4.92. The number of rotatable bonds is 4. The molecule has 14 heavy (non-hydrogen) atoms. The third kappa shape index (κ3) is 2.68.